The Balaban J connectivity index is 2.71. The molecule has 1 amide bonds. The summed E-state index contributed by atoms with van der Waals surface area (Å²) in [4.78, 5) is 11.4. The van der Waals surface area contributed by atoms with Crippen LogP contribution in [0.5, 0.6) is 0 Å². The zero-order valence-corrected chi connectivity index (χ0v) is 7.13. The molecule has 0 unspecified atom stereocenters. The van der Waals surface area contributed by atoms with Crippen LogP contribution in [0.1, 0.15) is 25.1 Å². The molecule has 0 bridgehead atoms. The summed E-state index contributed by atoms with van der Waals surface area (Å²) in [5, 5.41) is 2.73. The lowest BCUT2D eigenvalue weighted by Crippen LogP contribution is -2.23. The monoisotopic (exact) mass is 164 g/mol. The number of hydrogen-bond acceptors (Lipinski definition) is 1. The molecule has 1 aromatic rings. The van der Waals surface area contributed by atoms with Crippen LogP contribution in [0.3, 0.4) is 0 Å². The number of nitrogens with one attached hydrogen (secondary N) is 1. The van der Waals surface area contributed by atoms with Gasteiger partial charge in [-0.05, 0) is 18.5 Å². The lowest BCUT2D eigenvalue weighted by molar-refractivity contribution is 0.0953. The molecule has 0 atom stereocenters. The molecule has 1 N–H and O–H groups in total. The Morgan fingerprint density at radius 1 is 1.58 bits per heavy atom. The molecule has 64 valence electrons. The molecule has 1 rings (SSSR count). The zero-order chi connectivity index (χ0) is 9.68. The van der Waals surface area contributed by atoms with Gasteiger partial charge in [0.1, 0.15) is 0 Å². The summed E-state index contributed by atoms with van der Waals surface area (Å²) < 4.78 is 7.48. The van der Waals surface area contributed by atoms with E-state index in [9.17, 15) is 4.79 Å². The first-order chi connectivity index (χ1) is 6.25. The van der Waals surface area contributed by atoms with Gasteiger partial charge in [0, 0.05) is 12.1 Å². The molecule has 0 spiro atoms. The van der Waals surface area contributed by atoms with Crippen molar-refractivity contribution in [1.82, 2.24) is 5.32 Å². The maximum Gasteiger partial charge on any atom is 0.251 e. The average molecular weight is 164 g/mol. The second-order valence-electron chi connectivity index (χ2n) is 2.53. The Labute approximate surface area is 74.0 Å². The summed E-state index contributed by atoms with van der Waals surface area (Å²) in [5.74, 6) is -0.160. The van der Waals surface area contributed by atoms with E-state index in [0.717, 1.165) is 6.42 Å². The third kappa shape index (κ3) is 2.38. The van der Waals surface area contributed by atoms with E-state index in [1.54, 1.807) is 24.3 Å². The van der Waals surface area contributed by atoms with Gasteiger partial charge in [0.25, 0.3) is 5.91 Å². The summed E-state index contributed by atoms with van der Waals surface area (Å²) in [7, 11) is 0. The fourth-order valence-electron chi connectivity index (χ4n) is 0.868. The van der Waals surface area contributed by atoms with Gasteiger partial charge in [-0.3, -0.25) is 4.79 Å². The van der Waals surface area contributed by atoms with E-state index in [0.29, 0.717) is 12.1 Å². The Hall–Kier alpha value is -1.31. The molecule has 2 heteroatoms. The minimum atomic E-state index is -0.160. The first-order valence-electron chi connectivity index (χ1n) is 4.59. The number of amides is 1. The predicted octanol–water partition coefficient (Wildman–Crippen LogP) is 1.83. The van der Waals surface area contributed by atoms with Crippen molar-refractivity contribution in [3.63, 3.8) is 0 Å². The quantitative estimate of drug-likeness (QED) is 0.725. The van der Waals surface area contributed by atoms with Gasteiger partial charge in [-0.2, -0.15) is 0 Å². The van der Waals surface area contributed by atoms with E-state index in [4.69, 9.17) is 1.37 Å². The SMILES string of the molecule is [2H]c1ccccc1C(=O)NCCC. The smallest absolute Gasteiger partial charge is 0.251 e. The molecular weight excluding hydrogens is 150 g/mol. The lowest BCUT2D eigenvalue weighted by Gasteiger charge is -2.01. The van der Waals surface area contributed by atoms with Gasteiger partial charge in [-0.25, -0.2) is 0 Å². The molecule has 0 fully saturated rings. The van der Waals surface area contributed by atoms with E-state index >= 15 is 0 Å². The van der Waals surface area contributed by atoms with Gasteiger partial charge >= 0.3 is 0 Å². The second kappa shape index (κ2) is 4.54. The Bertz CT molecular complexity index is 299. The highest BCUT2D eigenvalue weighted by atomic mass is 16.1. The van der Waals surface area contributed by atoms with Gasteiger partial charge in [0.2, 0.25) is 0 Å². The van der Waals surface area contributed by atoms with E-state index in [1.165, 1.54) is 0 Å². The van der Waals surface area contributed by atoms with Crippen LogP contribution in [-0.4, -0.2) is 12.5 Å². The largest absolute Gasteiger partial charge is 0.352 e. The zero-order valence-electron chi connectivity index (χ0n) is 8.13. The van der Waals surface area contributed by atoms with Crippen LogP contribution < -0.4 is 5.32 Å². The van der Waals surface area contributed by atoms with Gasteiger partial charge in [-0.1, -0.05) is 25.1 Å². The highest BCUT2D eigenvalue weighted by Crippen LogP contribution is 1.97. The van der Waals surface area contributed by atoms with Gasteiger partial charge in [0.15, 0.2) is 0 Å². The lowest BCUT2D eigenvalue weighted by atomic mass is 10.2. The predicted molar refractivity (Wildman–Crippen MR) is 49.1 cm³/mol. The number of benzene rings is 1. The summed E-state index contributed by atoms with van der Waals surface area (Å²) in [6, 6.07) is 7.06. The van der Waals surface area contributed by atoms with Crippen molar-refractivity contribution in [3.8, 4) is 0 Å². The van der Waals surface area contributed by atoms with E-state index in [2.05, 4.69) is 5.32 Å². The molecule has 0 aliphatic heterocycles. The molecule has 0 aromatic heterocycles. The Kier molecular flexibility index (Phi) is 2.78. The van der Waals surface area contributed by atoms with Crippen molar-refractivity contribution in [2.75, 3.05) is 6.54 Å². The van der Waals surface area contributed by atoms with Crippen LogP contribution in [0, 0.1) is 0 Å². The third-order valence-corrected chi connectivity index (χ3v) is 1.49. The van der Waals surface area contributed by atoms with Crippen molar-refractivity contribution >= 4 is 5.91 Å². The van der Waals surface area contributed by atoms with Crippen LogP contribution in [-0.2, 0) is 0 Å². The molecule has 0 heterocycles. The topological polar surface area (TPSA) is 29.1 Å². The normalized spacial score (nSPS) is 10.6. The van der Waals surface area contributed by atoms with E-state index in [-0.39, 0.29) is 11.9 Å². The highest BCUT2D eigenvalue weighted by molar-refractivity contribution is 5.94. The maximum absolute atomic E-state index is 11.4. The maximum atomic E-state index is 11.4. The Morgan fingerprint density at radius 2 is 2.42 bits per heavy atom. The number of carbonyl (C=O) groups excluding carboxylic acids is 1. The molecule has 12 heavy (non-hydrogen) atoms. The van der Waals surface area contributed by atoms with Crippen LogP contribution >= 0.6 is 0 Å². The van der Waals surface area contributed by atoms with Crippen LogP contribution in [0.15, 0.2) is 30.3 Å². The molecule has 2 nitrogen and oxygen atoms in total. The Morgan fingerprint density at radius 3 is 3.08 bits per heavy atom. The summed E-state index contributed by atoms with van der Waals surface area (Å²) in [5.41, 5.74) is 0.441. The fourth-order valence-corrected chi connectivity index (χ4v) is 0.868. The number of carbonyl (C=O) groups is 1. The van der Waals surface area contributed by atoms with Crippen molar-refractivity contribution in [1.29, 1.82) is 0 Å². The van der Waals surface area contributed by atoms with E-state index in [1.807, 2.05) is 6.92 Å². The second-order valence-corrected chi connectivity index (χ2v) is 2.53. The molecule has 0 aliphatic carbocycles. The summed E-state index contributed by atoms with van der Waals surface area (Å²) in [6.07, 6.45) is 0.909. The van der Waals surface area contributed by atoms with Crippen molar-refractivity contribution in [3.05, 3.63) is 35.9 Å². The molecule has 0 saturated carbocycles. The van der Waals surface area contributed by atoms with Gasteiger partial charge < -0.3 is 5.32 Å². The molecule has 0 aliphatic rings. The number of hydrogen-bond donors (Lipinski definition) is 1. The molecule has 1 aromatic carbocycles. The highest BCUT2D eigenvalue weighted by Gasteiger charge is 2.00. The van der Waals surface area contributed by atoms with Crippen molar-refractivity contribution in [2.45, 2.75) is 13.3 Å². The van der Waals surface area contributed by atoms with Crippen molar-refractivity contribution in [2.24, 2.45) is 0 Å². The fraction of sp³-hybridized carbons (Fsp3) is 0.300. The van der Waals surface area contributed by atoms with Crippen molar-refractivity contribution < 1.29 is 6.17 Å². The van der Waals surface area contributed by atoms with Crippen LogP contribution in [0.25, 0.3) is 0 Å². The third-order valence-electron chi connectivity index (χ3n) is 1.49. The van der Waals surface area contributed by atoms with Crippen LogP contribution in [0.2, 0.25) is 0 Å². The first kappa shape index (κ1) is 7.35. The molecular formula is C10H13NO. The first-order valence-corrected chi connectivity index (χ1v) is 4.09. The summed E-state index contributed by atoms with van der Waals surface area (Å²) >= 11 is 0. The minimum Gasteiger partial charge on any atom is -0.352 e. The minimum absolute atomic E-state index is 0.160. The average Bonchev–Trinajstić information content (AvgIpc) is 2.15. The molecule has 0 radical (unpaired) electrons. The van der Waals surface area contributed by atoms with E-state index < -0.39 is 0 Å². The van der Waals surface area contributed by atoms with Gasteiger partial charge in [-0.15, -0.1) is 0 Å². The molecule has 0 saturated heterocycles. The summed E-state index contributed by atoms with van der Waals surface area (Å²) in [6.45, 7) is 2.65. The number of rotatable bonds is 3. The standard InChI is InChI=1S/C10H13NO/c1-2-8-11-10(12)9-6-4-3-5-7-9/h3-7H,2,8H2,1H3,(H,11,12)/i6D. The van der Waals surface area contributed by atoms with Gasteiger partial charge in [0.05, 0.1) is 1.37 Å². The van der Waals surface area contributed by atoms with Crippen LogP contribution in [0.4, 0.5) is 0 Å².